The van der Waals surface area contributed by atoms with Gasteiger partial charge in [-0.3, -0.25) is 9.59 Å². The first-order chi connectivity index (χ1) is 14.5. The van der Waals surface area contributed by atoms with Crippen molar-refractivity contribution in [3.8, 4) is 5.75 Å². The van der Waals surface area contributed by atoms with E-state index >= 15 is 0 Å². The standard InChI is InChI=1S/C25H26N2O3/c1-18(24(26)28)27(17-19-13-15-22(30-2)16-14-19)25(29)23(20-9-5-3-6-10-20)21-11-7-4-8-12-21/h3-16,18,23H,17H2,1-2H3,(H2,26,28)/t18-/m0/s1. The molecule has 0 heterocycles. The van der Waals surface area contributed by atoms with Crippen molar-refractivity contribution in [2.75, 3.05) is 7.11 Å². The number of ether oxygens (including phenoxy) is 1. The highest BCUT2D eigenvalue weighted by atomic mass is 16.5. The summed E-state index contributed by atoms with van der Waals surface area (Å²) in [6, 6.07) is 25.8. The van der Waals surface area contributed by atoms with Gasteiger partial charge < -0.3 is 15.4 Å². The molecule has 0 spiro atoms. The lowest BCUT2D eigenvalue weighted by atomic mass is 9.89. The first kappa shape index (κ1) is 21.1. The van der Waals surface area contributed by atoms with Crippen LogP contribution in [0.4, 0.5) is 0 Å². The van der Waals surface area contributed by atoms with Crippen LogP contribution >= 0.6 is 0 Å². The van der Waals surface area contributed by atoms with E-state index in [4.69, 9.17) is 10.5 Å². The van der Waals surface area contributed by atoms with Gasteiger partial charge in [0.2, 0.25) is 11.8 Å². The van der Waals surface area contributed by atoms with Gasteiger partial charge in [0.25, 0.3) is 0 Å². The van der Waals surface area contributed by atoms with Crippen LogP contribution in [-0.2, 0) is 16.1 Å². The minimum Gasteiger partial charge on any atom is -0.497 e. The molecule has 0 aliphatic carbocycles. The Hall–Kier alpha value is -3.60. The molecule has 3 aromatic rings. The van der Waals surface area contributed by atoms with Crippen molar-refractivity contribution in [3.05, 3.63) is 102 Å². The predicted octanol–water partition coefficient (Wildman–Crippen LogP) is 3.73. The van der Waals surface area contributed by atoms with Crippen molar-refractivity contribution in [1.82, 2.24) is 4.90 Å². The predicted molar refractivity (Wildman–Crippen MR) is 117 cm³/mol. The fourth-order valence-electron chi connectivity index (χ4n) is 3.42. The molecule has 2 amide bonds. The Morgan fingerprint density at radius 2 is 1.37 bits per heavy atom. The summed E-state index contributed by atoms with van der Waals surface area (Å²) in [6.07, 6.45) is 0. The van der Waals surface area contributed by atoms with E-state index in [0.29, 0.717) is 0 Å². The number of hydrogen-bond donors (Lipinski definition) is 1. The van der Waals surface area contributed by atoms with Crippen LogP contribution in [0.5, 0.6) is 5.75 Å². The third-order valence-corrected chi connectivity index (χ3v) is 5.19. The van der Waals surface area contributed by atoms with Gasteiger partial charge in [-0.2, -0.15) is 0 Å². The second kappa shape index (κ2) is 9.74. The number of nitrogens with zero attached hydrogens (tertiary/aromatic N) is 1. The molecule has 0 aliphatic rings. The first-order valence-electron chi connectivity index (χ1n) is 9.84. The molecule has 3 aromatic carbocycles. The summed E-state index contributed by atoms with van der Waals surface area (Å²) >= 11 is 0. The number of nitrogens with two attached hydrogens (primary N) is 1. The highest BCUT2D eigenvalue weighted by Gasteiger charge is 2.32. The van der Waals surface area contributed by atoms with Gasteiger partial charge in [0.1, 0.15) is 11.8 Å². The van der Waals surface area contributed by atoms with Crippen molar-refractivity contribution in [3.63, 3.8) is 0 Å². The van der Waals surface area contributed by atoms with Crippen LogP contribution in [0.1, 0.15) is 29.5 Å². The summed E-state index contributed by atoms with van der Waals surface area (Å²) in [7, 11) is 1.60. The van der Waals surface area contributed by atoms with Gasteiger partial charge in [0.05, 0.1) is 13.0 Å². The van der Waals surface area contributed by atoms with Gasteiger partial charge in [-0.15, -0.1) is 0 Å². The Kier molecular flexibility index (Phi) is 6.86. The van der Waals surface area contributed by atoms with Crippen molar-refractivity contribution < 1.29 is 14.3 Å². The molecule has 30 heavy (non-hydrogen) atoms. The molecule has 0 saturated heterocycles. The summed E-state index contributed by atoms with van der Waals surface area (Å²) in [5.41, 5.74) is 8.22. The second-order valence-electron chi connectivity index (χ2n) is 7.15. The molecule has 3 rings (SSSR count). The molecular formula is C25H26N2O3. The lowest BCUT2D eigenvalue weighted by molar-refractivity contribution is -0.140. The van der Waals surface area contributed by atoms with Gasteiger partial charge in [0, 0.05) is 6.54 Å². The molecular weight excluding hydrogens is 376 g/mol. The Bertz CT molecular complexity index is 933. The number of amides is 2. The number of primary amides is 1. The summed E-state index contributed by atoms with van der Waals surface area (Å²) < 4.78 is 5.21. The monoisotopic (exact) mass is 402 g/mol. The molecule has 0 saturated carbocycles. The molecule has 0 aromatic heterocycles. The quantitative estimate of drug-likeness (QED) is 0.624. The van der Waals surface area contributed by atoms with Crippen molar-refractivity contribution in [2.45, 2.75) is 25.4 Å². The molecule has 154 valence electrons. The van der Waals surface area contributed by atoms with Gasteiger partial charge in [-0.05, 0) is 35.7 Å². The lowest BCUT2D eigenvalue weighted by Gasteiger charge is -2.31. The molecule has 0 aliphatic heterocycles. The SMILES string of the molecule is COc1ccc(CN(C(=O)C(c2ccccc2)c2ccccc2)[C@@H](C)C(N)=O)cc1. The van der Waals surface area contributed by atoms with Gasteiger partial charge in [-0.25, -0.2) is 0 Å². The highest BCUT2D eigenvalue weighted by Crippen LogP contribution is 2.28. The topological polar surface area (TPSA) is 72.6 Å². The van der Waals surface area contributed by atoms with E-state index in [9.17, 15) is 9.59 Å². The zero-order valence-electron chi connectivity index (χ0n) is 17.2. The summed E-state index contributed by atoms with van der Waals surface area (Å²) in [5, 5.41) is 0. The Balaban J connectivity index is 2.00. The van der Waals surface area contributed by atoms with E-state index < -0.39 is 17.9 Å². The van der Waals surface area contributed by atoms with E-state index in [1.807, 2.05) is 84.9 Å². The number of methoxy groups -OCH3 is 1. The van der Waals surface area contributed by atoms with Crippen LogP contribution in [0.25, 0.3) is 0 Å². The van der Waals surface area contributed by atoms with Crippen molar-refractivity contribution >= 4 is 11.8 Å². The minimum atomic E-state index is -0.755. The van der Waals surface area contributed by atoms with E-state index in [1.54, 1.807) is 18.9 Å². The number of carbonyl (C=O) groups is 2. The third kappa shape index (κ3) is 4.87. The Morgan fingerprint density at radius 1 is 0.867 bits per heavy atom. The van der Waals surface area contributed by atoms with E-state index in [0.717, 1.165) is 22.4 Å². The molecule has 0 radical (unpaired) electrons. The Morgan fingerprint density at radius 3 is 1.80 bits per heavy atom. The van der Waals surface area contributed by atoms with Gasteiger partial charge in [0.15, 0.2) is 0 Å². The molecule has 5 nitrogen and oxygen atoms in total. The van der Waals surface area contributed by atoms with E-state index in [1.165, 1.54) is 0 Å². The Labute approximate surface area is 177 Å². The number of hydrogen-bond acceptors (Lipinski definition) is 3. The zero-order chi connectivity index (χ0) is 21.5. The molecule has 1 atom stereocenters. The molecule has 5 heteroatoms. The average molecular weight is 402 g/mol. The fraction of sp³-hybridized carbons (Fsp3) is 0.200. The number of rotatable bonds is 8. The normalized spacial score (nSPS) is 11.7. The fourth-order valence-corrected chi connectivity index (χ4v) is 3.42. The lowest BCUT2D eigenvalue weighted by Crippen LogP contribution is -2.47. The van der Waals surface area contributed by atoms with E-state index in [2.05, 4.69) is 0 Å². The van der Waals surface area contributed by atoms with Crippen LogP contribution in [0.2, 0.25) is 0 Å². The molecule has 2 N–H and O–H groups in total. The number of benzene rings is 3. The maximum absolute atomic E-state index is 13.8. The van der Waals surface area contributed by atoms with Crippen molar-refractivity contribution in [1.29, 1.82) is 0 Å². The smallest absolute Gasteiger partial charge is 0.239 e. The summed E-state index contributed by atoms with van der Waals surface area (Å²) in [6.45, 7) is 1.93. The van der Waals surface area contributed by atoms with Gasteiger partial charge >= 0.3 is 0 Å². The van der Waals surface area contributed by atoms with Crippen LogP contribution < -0.4 is 10.5 Å². The van der Waals surface area contributed by atoms with Gasteiger partial charge in [-0.1, -0.05) is 72.8 Å². The number of carbonyl (C=O) groups excluding carboxylic acids is 2. The zero-order valence-corrected chi connectivity index (χ0v) is 17.2. The second-order valence-corrected chi connectivity index (χ2v) is 7.15. The van der Waals surface area contributed by atoms with Crippen LogP contribution in [0.15, 0.2) is 84.9 Å². The molecule has 0 unspecified atom stereocenters. The third-order valence-electron chi connectivity index (χ3n) is 5.19. The first-order valence-corrected chi connectivity index (χ1v) is 9.84. The largest absolute Gasteiger partial charge is 0.497 e. The molecule has 0 fully saturated rings. The maximum atomic E-state index is 13.8. The summed E-state index contributed by atoms with van der Waals surface area (Å²) in [5.74, 6) is -0.523. The average Bonchev–Trinajstić information content (AvgIpc) is 2.79. The van der Waals surface area contributed by atoms with Crippen LogP contribution in [-0.4, -0.2) is 29.9 Å². The molecule has 0 bridgehead atoms. The summed E-state index contributed by atoms with van der Waals surface area (Å²) in [4.78, 5) is 27.4. The van der Waals surface area contributed by atoms with Crippen LogP contribution in [0.3, 0.4) is 0 Å². The van der Waals surface area contributed by atoms with E-state index in [-0.39, 0.29) is 12.5 Å². The highest BCUT2D eigenvalue weighted by molar-refractivity contribution is 5.91. The van der Waals surface area contributed by atoms with Crippen LogP contribution in [0, 0.1) is 0 Å². The minimum absolute atomic E-state index is 0.172. The van der Waals surface area contributed by atoms with Crippen molar-refractivity contribution in [2.24, 2.45) is 5.73 Å². The maximum Gasteiger partial charge on any atom is 0.239 e.